The van der Waals surface area contributed by atoms with Gasteiger partial charge in [0, 0.05) is 6.42 Å². The van der Waals surface area contributed by atoms with Gasteiger partial charge in [-0.3, -0.25) is 24.0 Å². The summed E-state index contributed by atoms with van der Waals surface area (Å²) in [7, 11) is 0. The highest BCUT2D eigenvalue weighted by Crippen LogP contribution is 2.02. The lowest BCUT2D eigenvalue weighted by molar-refractivity contribution is -0.144. The van der Waals surface area contributed by atoms with Gasteiger partial charge in [0.25, 0.3) is 0 Å². The molecule has 0 aliphatic heterocycles. The summed E-state index contributed by atoms with van der Waals surface area (Å²) in [5.41, 5.74) is 10.3. The van der Waals surface area contributed by atoms with Crippen molar-refractivity contribution < 1.29 is 44.1 Å². The monoisotopic (exact) mass is 376 g/mol. The number of hydrogen-bond donors (Lipinski definition) is 7. The van der Waals surface area contributed by atoms with Gasteiger partial charge in [0.15, 0.2) is 0 Å². The number of nitrogens with two attached hydrogens (primary N) is 2. The van der Waals surface area contributed by atoms with Gasteiger partial charge >= 0.3 is 17.9 Å². The number of aliphatic carboxylic acids is 3. The number of carbonyl (C=O) groups excluding carboxylic acids is 3. The summed E-state index contributed by atoms with van der Waals surface area (Å²) in [4.78, 5) is 67.1. The molecule has 0 aromatic heterocycles. The maximum Gasteiger partial charge on any atom is 0.326 e. The van der Waals surface area contributed by atoms with Crippen molar-refractivity contribution >= 4 is 35.6 Å². The molecular formula is C13H20N4O9. The number of amides is 3. The van der Waals surface area contributed by atoms with Crippen LogP contribution in [0.1, 0.15) is 25.7 Å². The number of carboxylic acid groups (broad SMARTS) is 3. The van der Waals surface area contributed by atoms with E-state index in [0.717, 1.165) is 0 Å². The SMILES string of the molecule is NC(=O)C[C@H](NC(=O)[C@@H](N)CC(=O)O)C(=O)N[C@@H](CCC(=O)O)C(=O)O. The van der Waals surface area contributed by atoms with E-state index in [1.807, 2.05) is 10.6 Å². The number of nitrogens with one attached hydrogen (secondary N) is 2. The zero-order chi connectivity index (χ0) is 20.4. The van der Waals surface area contributed by atoms with E-state index in [1.165, 1.54) is 0 Å². The summed E-state index contributed by atoms with van der Waals surface area (Å²) in [5, 5.41) is 30.1. The minimum atomic E-state index is -1.61. The van der Waals surface area contributed by atoms with Crippen LogP contribution in [0.4, 0.5) is 0 Å². The molecule has 0 aromatic rings. The standard InChI is InChI=1S/C13H20N4O9/c14-5(3-10(21)22)11(23)17-7(4-8(15)18)12(24)16-6(13(25)26)1-2-9(19)20/h5-7H,1-4,14H2,(H2,15,18)(H,16,24)(H,17,23)(H,19,20)(H,21,22)(H,25,26)/t5-,6-,7-/m0/s1. The second-order valence-electron chi connectivity index (χ2n) is 5.27. The normalized spacial score (nSPS) is 13.7. The van der Waals surface area contributed by atoms with Crippen molar-refractivity contribution in [1.29, 1.82) is 0 Å². The fraction of sp³-hybridized carbons (Fsp3) is 0.538. The molecule has 0 radical (unpaired) electrons. The van der Waals surface area contributed by atoms with Crippen LogP contribution in [0, 0.1) is 0 Å². The Labute approximate surface area is 146 Å². The summed E-state index contributed by atoms with van der Waals surface area (Å²) in [5.74, 6) is -7.36. The van der Waals surface area contributed by atoms with E-state index < -0.39 is 79.4 Å². The highest BCUT2D eigenvalue weighted by Gasteiger charge is 2.29. The van der Waals surface area contributed by atoms with Crippen LogP contribution in [0.15, 0.2) is 0 Å². The van der Waals surface area contributed by atoms with Gasteiger partial charge in [0.05, 0.1) is 18.9 Å². The van der Waals surface area contributed by atoms with Crippen LogP contribution in [0.3, 0.4) is 0 Å². The number of primary amides is 1. The van der Waals surface area contributed by atoms with Crippen molar-refractivity contribution in [2.24, 2.45) is 11.5 Å². The van der Waals surface area contributed by atoms with Crippen molar-refractivity contribution in [2.45, 2.75) is 43.8 Å². The van der Waals surface area contributed by atoms with E-state index in [0.29, 0.717) is 0 Å². The van der Waals surface area contributed by atoms with Gasteiger partial charge in [0.2, 0.25) is 17.7 Å². The molecule has 0 saturated carbocycles. The number of rotatable bonds is 12. The van der Waals surface area contributed by atoms with Crippen LogP contribution in [-0.2, 0) is 28.8 Å². The third-order valence-corrected chi connectivity index (χ3v) is 3.03. The summed E-state index contributed by atoms with van der Waals surface area (Å²) in [6.45, 7) is 0. The van der Waals surface area contributed by atoms with Gasteiger partial charge in [-0.05, 0) is 6.42 Å². The molecule has 13 nitrogen and oxygen atoms in total. The third-order valence-electron chi connectivity index (χ3n) is 3.03. The van der Waals surface area contributed by atoms with Crippen molar-refractivity contribution in [1.82, 2.24) is 10.6 Å². The predicted molar refractivity (Wildman–Crippen MR) is 82.4 cm³/mol. The summed E-state index contributed by atoms with van der Waals surface area (Å²) in [6.07, 6.45) is -2.44. The molecule has 0 unspecified atom stereocenters. The van der Waals surface area contributed by atoms with Crippen LogP contribution in [0.25, 0.3) is 0 Å². The molecule has 0 aliphatic rings. The fourth-order valence-corrected chi connectivity index (χ4v) is 1.77. The Kier molecular flexibility index (Phi) is 9.29. The maximum absolute atomic E-state index is 12.1. The predicted octanol–water partition coefficient (Wildman–Crippen LogP) is -3.42. The average Bonchev–Trinajstić information content (AvgIpc) is 2.48. The fourth-order valence-electron chi connectivity index (χ4n) is 1.77. The Bertz CT molecular complexity index is 592. The quantitative estimate of drug-likeness (QED) is 0.178. The molecule has 0 spiro atoms. The molecule has 9 N–H and O–H groups in total. The smallest absolute Gasteiger partial charge is 0.326 e. The Morgan fingerprint density at radius 1 is 0.808 bits per heavy atom. The summed E-state index contributed by atoms with van der Waals surface area (Å²) in [6, 6.07) is -4.71. The van der Waals surface area contributed by atoms with Crippen LogP contribution in [0.2, 0.25) is 0 Å². The van der Waals surface area contributed by atoms with Crippen molar-refractivity contribution in [3.63, 3.8) is 0 Å². The molecular weight excluding hydrogens is 356 g/mol. The van der Waals surface area contributed by atoms with E-state index in [1.54, 1.807) is 0 Å². The molecule has 13 heteroatoms. The summed E-state index contributed by atoms with van der Waals surface area (Å²) >= 11 is 0. The molecule has 0 rings (SSSR count). The molecule has 0 aromatic carbocycles. The average molecular weight is 376 g/mol. The lowest BCUT2D eigenvalue weighted by Gasteiger charge is -2.21. The number of carboxylic acids is 3. The first-order valence-electron chi connectivity index (χ1n) is 7.25. The maximum atomic E-state index is 12.1. The van der Waals surface area contributed by atoms with E-state index in [4.69, 9.17) is 26.8 Å². The molecule has 146 valence electrons. The van der Waals surface area contributed by atoms with Crippen LogP contribution < -0.4 is 22.1 Å². The van der Waals surface area contributed by atoms with E-state index in [9.17, 15) is 28.8 Å². The zero-order valence-corrected chi connectivity index (χ0v) is 13.5. The minimum absolute atomic E-state index is 0.438. The van der Waals surface area contributed by atoms with Crippen molar-refractivity contribution in [3.05, 3.63) is 0 Å². The van der Waals surface area contributed by atoms with E-state index in [-0.39, 0.29) is 0 Å². The molecule has 0 bridgehead atoms. The van der Waals surface area contributed by atoms with Gasteiger partial charge < -0.3 is 37.4 Å². The van der Waals surface area contributed by atoms with Crippen LogP contribution >= 0.6 is 0 Å². The Balaban J connectivity index is 5.08. The lowest BCUT2D eigenvalue weighted by atomic mass is 10.1. The Hall–Kier alpha value is -3.22. The number of hydrogen-bond acceptors (Lipinski definition) is 7. The van der Waals surface area contributed by atoms with Crippen LogP contribution in [-0.4, -0.2) is 69.1 Å². The van der Waals surface area contributed by atoms with Crippen LogP contribution in [0.5, 0.6) is 0 Å². The third kappa shape index (κ3) is 9.17. The minimum Gasteiger partial charge on any atom is -0.481 e. The first kappa shape index (κ1) is 22.8. The van der Waals surface area contributed by atoms with E-state index in [2.05, 4.69) is 0 Å². The van der Waals surface area contributed by atoms with Gasteiger partial charge in [-0.15, -0.1) is 0 Å². The highest BCUT2D eigenvalue weighted by atomic mass is 16.4. The lowest BCUT2D eigenvalue weighted by Crippen LogP contribution is -2.55. The topological polar surface area (TPSA) is 239 Å². The van der Waals surface area contributed by atoms with Gasteiger partial charge in [-0.1, -0.05) is 0 Å². The molecule has 0 saturated heterocycles. The zero-order valence-electron chi connectivity index (χ0n) is 13.5. The second-order valence-corrected chi connectivity index (χ2v) is 5.27. The molecule has 3 amide bonds. The first-order chi connectivity index (χ1) is 11.9. The Morgan fingerprint density at radius 2 is 1.35 bits per heavy atom. The van der Waals surface area contributed by atoms with Gasteiger partial charge in [-0.2, -0.15) is 0 Å². The largest absolute Gasteiger partial charge is 0.481 e. The highest BCUT2D eigenvalue weighted by molar-refractivity contribution is 5.95. The van der Waals surface area contributed by atoms with Gasteiger partial charge in [-0.25, -0.2) is 4.79 Å². The molecule has 3 atom stereocenters. The second kappa shape index (κ2) is 10.6. The molecule has 0 fully saturated rings. The van der Waals surface area contributed by atoms with Gasteiger partial charge in [0.1, 0.15) is 12.1 Å². The molecule has 0 aliphatic carbocycles. The summed E-state index contributed by atoms with van der Waals surface area (Å²) < 4.78 is 0. The number of carbonyl (C=O) groups is 6. The first-order valence-corrected chi connectivity index (χ1v) is 7.25. The Morgan fingerprint density at radius 3 is 1.77 bits per heavy atom. The molecule has 26 heavy (non-hydrogen) atoms. The van der Waals surface area contributed by atoms with Crippen molar-refractivity contribution in [2.75, 3.05) is 0 Å². The van der Waals surface area contributed by atoms with Crippen molar-refractivity contribution in [3.8, 4) is 0 Å². The van der Waals surface area contributed by atoms with E-state index >= 15 is 0 Å². The molecule has 0 heterocycles.